The number of imide groups is 1. The van der Waals surface area contributed by atoms with E-state index in [1.54, 1.807) is 6.92 Å². The fourth-order valence-electron chi connectivity index (χ4n) is 3.47. The molecule has 1 aromatic carbocycles. The lowest BCUT2D eigenvalue weighted by Gasteiger charge is -2.37. The van der Waals surface area contributed by atoms with Crippen LogP contribution in [0, 0.1) is 27.7 Å². The highest BCUT2D eigenvalue weighted by Gasteiger charge is 2.34. The fraction of sp³-hybridized carbons (Fsp3) is 0.579. The van der Waals surface area contributed by atoms with E-state index >= 15 is 0 Å². The topological polar surface area (TPSA) is 98.8 Å². The highest BCUT2D eigenvalue weighted by Crippen LogP contribution is 2.29. The molecule has 1 aliphatic heterocycles. The van der Waals surface area contributed by atoms with Crippen LogP contribution in [0.15, 0.2) is 11.0 Å². The molecule has 0 unspecified atom stereocenters. The maximum absolute atomic E-state index is 13.3. The van der Waals surface area contributed by atoms with Crippen molar-refractivity contribution in [3.05, 3.63) is 28.3 Å². The maximum atomic E-state index is 13.3. The molecule has 0 saturated carbocycles. The number of amides is 3. The minimum absolute atomic E-state index is 0.297. The smallest absolute Gasteiger partial charge is 0.321 e. The molecule has 1 fully saturated rings. The van der Waals surface area contributed by atoms with Crippen LogP contribution in [0.5, 0.6) is 0 Å². The van der Waals surface area contributed by atoms with E-state index in [1.807, 2.05) is 38.7 Å². The number of benzene rings is 1. The number of rotatable bonds is 4. The van der Waals surface area contributed by atoms with Crippen LogP contribution in [0.3, 0.4) is 0 Å². The van der Waals surface area contributed by atoms with Gasteiger partial charge in [0.2, 0.25) is 15.9 Å². The Kier molecular flexibility index (Phi) is 6.84. The molecule has 1 aromatic rings. The van der Waals surface area contributed by atoms with Crippen LogP contribution >= 0.6 is 0 Å². The second-order valence-corrected chi connectivity index (χ2v) is 9.15. The molecular weight excluding hydrogens is 380 g/mol. The first kappa shape index (κ1) is 22.3. The summed E-state index contributed by atoms with van der Waals surface area (Å²) in [6.07, 6.45) is 0. The average Bonchev–Trinajstić information content (AvgIpc) is 2.65. The molecule has 8 nitrogen and oxygen atoms in total. The summed E-state index contributed by atoms with van der Waals surface area (Å²) in [7, 11) is -2.18. The van der Waals surface area contributed by atoms with Crippen molar-refractivity contribution in [1.82, 2.24) is 19.8 Å². The van der Waals surface area contributed by atoms with Crippen LogP contribution < -0.4 is 10.6 Å². The van der Waals surface area contributed by atoms with Gasteiger partial charge in [0.1, 0.15) is 0 Å². The molecule has 1 atom stereocenters. The number of nitrogens with one attached hydrogen (secondary N) is 2. The van der Waals surface area contributed by atoms with Gasteiger partial charge in [-0.15, -0.1) is 0 Å². The number of urea groups is 1. The standard InChI is InChI=1S/C19H30N4O4S/c1-12-11-13(2)15(4)17(14(12)3)28(26,27)23-9-7-22(8-10-23)16(5)18(24)21-19(25)20-6/h11,16H,7-10H2,1-6H3,(H2,20,21,24,25)/t16-/m0/s1. The van der Waals surface area contributed by atoms with Crippen molar-refractivity contribution in [2.24, 2.45) is 0 Å². The van der Waals surface area contributed by atoms with Crippen molar-refractivity contribution in [2.75, 3.05) is 33.2 Å². The molecule has 156 valence electrons. The second kappa shape index (κ2) is 8.59. The number of aryl methyl sites for hydroxylation is 2. The van der Waals surface area contributed by atoms with Crippen LogP contribution in [0.1, 0.15) is 29.2 Å². The van der Waals surface area contributed by atoms with Gasteiger partial charge in [0, 0.05) is 33.2 Å². The van der Waals surface area contributed by atoms with E-state index in [2.05, 4.69) is 10.6 Å². The summed E-state index contributed by atoms with van der Waals surface area (Å²) in [5.41, 5.74) is 3.48. The average molecular weight is 411 g/mol. The van der Waals surface area contributed by atoms with E-state index in [0.29, 0.717) is 31.1 Å². The van der Waals surface area contributed by atoms with Crippen LogP contribution in [-0.2, 0) is 14.8 Å². The molecule has 0 bridgehead atoms. The summed E-state index contributed by atoms with van der Waals surface area (Å²) in [4.78, 5) is 25.7. The Balaban J connectivity index is 2.15. The Morgan fingerprint density at radius 1 is 1.00 bits per heavy atom. The first-order valence-electron chi connectivity index (χ1n) is 9.34. The maximum Gasteiger partial charge on any atom is 0.321 e. The molecular formula is C19H30N4O4S. The van der Waals surface area contributed by atoms with Crippen molar-refractivity contribution < 1.29 is 18.0 Å². The van der Waals surface area contributed by atoms with Crippen LogP contribution in [-0.4, -0.2) is 68.8 Å². The number of carbonyl (C=O) groups is 2. The number of nitrogens with zero attached hydrogens (tertiary/aromatic N) is 2. The zero-order valence-corrected chi connectivity index (χ0v) is 18.2. The van der Waals surface area contributed by atoms with Gasteiger partial charge in [0.25, 0.3) is 0 Å². The van der Waals surface area contributed by atoms with E-state index in [1.165, 1.54) is 11.4 Å². The number of hydrogen-bond donors (Lipinski definition) is 2. The third-order valence-electron chi connectivity index (χ3n) is 5.56. The van der Waals surface area contributed by atoms with Gasteiger partial charge in [0.15, 0.2) is 0 Å². The molecule has 9 heteroatoms. The molecule has 2 rings (SSSR count). The quantitative estimate of drug-likeness (QED) is 0.774. The van der Waals surface area contributed by atoms with Crippen LogP contribution in [0.4, 0.5) is 4.79 Å². The van der Waals surface area contributed by atoms with Gasteiger partial charge in [0.05, 0.1) is 10.9 Å². The van der Waals surface area contributed by atoms with E-state index in [0.717, 1.165) is 22.3 Å². The van der Waals surface area contributed by atoms with Gasteiger partial charge in [-0.1, -0.05) is 6.07 Å². The van der Waals surface area contributed by atoms with Crippen LogP contribution in [0.25, 0.3) is 0 Å². The Bertz CT molecular complexity index is 848. The number of hydrogen-bond acceptors (Lipinski definition) is 5. The van der Waals surface area contributed by atoms with Gasteiger partial charge >= 0.3 is 6.03 Å². The molecule has 28 heavy (non-hydrogen) atoms. The third kappa shape index (κ3) is 4.37. The summed E-state index contributed by atoms with van der Waals surface area (Å²) < 4.78 is 28.1. The molecule has 0 aliphatic carbocycles. The highest BCUT2D eigenvalue weighted by molar-refractivity contribution is 7.89. The summed E-state index contributed by atoms with van der Waals surface area (Å²) in [5.74, 6) is -0.406. The van der Waals surface area contributed by atoms with Crippen molar-refractivity contribution in [2.45, 2.75) is 45.6 Å². The van der Waals surface area contributed by atoms with Gasteiger partial charge in [-0.3, -0.25) is 15.0 Å². The summed E-state index contributed by atoms with van der Waals surface area (Å²) in [6.45, 7) is 10.7. The molecule has 0 spiro atoms. The predicted molar refractivity (Wildman–Crippen MR) is 108 cm³/mol. The molecule has 1 saturated heterocycles. The molecule has 2 N–H and O–H groups in total. The molecule has 1 aliphatic rings. The lowest BCUT2D eigenvalue weighted by atomic mass is 10.0. The normalized spacial score (nSPS) is 17.2. The predicted octanol–water partition coefficient (Wildman–Crippen LogP) is 1.07. The Hall–Kier alpha value is -1.97. The lowest BCUT2D eigenvalue weighted by molar-refractivity contribution is -0.125. The van der Waals surface area contributed by atoms with E-state index in [-0.39, 0.29) is 0 Å². The van der Waals surface area contributed by atoms with Crippen molar-refractivity contribution in [3.8, 4) is 0 Å². The number of sulfonamides is 1. The van der Waals surface area contributed by atoms with E-state index in [4.69, 9.17) is 0 Å². The van der Waals surface area contributed by atoms with Gasteiger partial charge < -0.3 is 5.32 Å². The SMILES string of the molecule is CNC(=O)NC(=O)[C@H](C)N1CCN(S(=O)(=O)c2c(C)c(C)cc(C)c2C)CC1. The highest BCUT2D eigenvalue weighted by atomic mass is 32.2. The number of carbonyl (C=O) groups excluding carboxylic acids is 2. The Labute approximate surface area is 167 Å². The number of piperazine rings is 1. The first-order chi connectivity index (χ1) is 13.0. The summed E-state index contributed by atoms with van der Waals surface area (Å²) >= 11 is 0. The fourth-order valence-corrected chi connectivity index (χ4v) is 5.47. The minimum atomic E-state index is -3.62. The van der Waals surface area contributed by atoms with Crippen molar-refractivity contribution >= 4 is 22.0 Å². The zero-order chi connectivity index (χ0) is 21.2. The van der Waals surface area contributed by atoms with Crippen molar-refractivity contribution in [3.63, 3.8) is 0 Å². The van der Waals surface area contributed by atoms with Gasteiger partial charge in [-0.05, 0) is 56.9 Å². The Morgan fingerprint density at radius 3 is 1.96 bits per heavy atom. The van der Waals surface area contributed by atoms with E-state index < -0.39 is 28.0 Å². The third-order valence-corrected chi connectivity index (χ3v) is 7.73. The molecule has 3 amide bonds. The first-order valence-corrected chi connectivity index (χ1v) is 10.8. The largest absolute Gasteiger partial charge is 0.341 e. The lowest BCUT2D eigenvalue weighted by Crippen LogP contribution is -2.56. The monoisotopic (exact) mass is 410 g/mol. The molecule has 0 aromatic heterocycles. The van der Waals surface area contributed by atoms with Crippen LogP contribution in [0.2, 0.25) is 0 Å². The Morgan fingerprint density at radius 2 is 1.50 bits per heavy atom. The summed E-state index contributed by atoms with van der Waals surface area (Å²) in [6, 6.07) is 0.930. The molecule has 1 heterocycles. The minimum Gasteiger partial charge on any atom is -0.341 e. The summed E-state index contributed by atoms with van der Waals surface area (Å²) in [5, 5.41) is 4.60. The van der Waals surface area contributed by atoms with E-state index in [9.17, 15) is 18.0 Å². The second-order valence-electron chi connectivity index (χ2n) is 7.27. The molecule has 0 radical (unpaired) electrons. The zero-order valence-electron chi connectivity index (χ0n) is 17.4. The van der Waals surface area contributed by atoms with Gasteiger partial charge in [-0.25, -0.2) is 13.2 Å². The van der Waals surface area contributed by atoms with Gasteiger partial charge in [-0.2, -0.15) is 4.31 Å². The van der Waals surface area contributed by atoms with Crippen molar-refractivity contribution in [1.29, 1.82) is 0 Å².